The molecule has 0 heterocycles. The molecule has 0 bridgehead atoms. The van der Waals surface area contributed by atoms with E-state index in [-0.39, 0.29) is 0 Å². The van der Waals surface area contributed by atoms with Crippen molar-refractivity contribution in [3.8, 4) is 0 Å². The van der Waals surface area contributed by atoms with E-state index in [0.29, 0.717) is 0 Å². The lowest BCUT2D eigenvalue weighted by molar-refractivity contribution is 0.234. The van der Waals surface area contributed by atoms with Gasteiger partial charge in [-0.1, -0.05) is 45.4 Å². The Morgan fingerprint density at radius 3 is 2.00 bits per heavy atom. The van der Waals surface area contributed by atoms with Crippen molar-refractivity contribution in [2.45, 2.75) is 27.7 Å². The summed E-state index contributed by atoms with van der Waals surface area (Å²) in [7, 11) is 0. The smallest absolute Gasteiger partial charge is 0.00894 e. The van der Waals surface area contributed by atoms with Crippen LogP contribution in [0.4, 0.5) is 0 Å². The van der Waals surface area contributed by atoms with Gasteiger partial charge in [0.15, 0.2) is 0 Å². The van der Waals surface area contributed by atoms with Crippen molar-refractivity contribution < 1.29 is 0 Å². The number of allylic oxidation sites excluding steroid dienone is 4. The lowest BCUT2D eigenvalue weighted by atomic mass is 9.67. The molecule has 0 heteroatoms. The molecule has 0 saturated heterocycles. The van der Waals surface area contributed by atoms with Crippen LogP contribution in [-0.2, 0) is 0 Å². The fourth-order valence-electron chi connectivity index (χ4n) is 2.75. The molecule has 0 nitrogen and oxygen atoms in total. The number of hydrogen-bond acceptors (Lipinski definition) is 0. The van der Waals surface area contributed by atoms with Crippen LogP contribution in [0.1, 0.15) is 27.7 Å². The molecule has 0 aromatic heterocycles. The lowest BCUT2D eigenvalue weighted by Crippen LogP contribution is -2.29. The molecule has 0 aromatic rings. The zero-order valence-electron chi connectivity index (χ0n) is 9.04. The molecule has 2 aliphatic carbocycles. The third kappa shape index (κ3) is 1.19. The maximum Gasteiger partial charge on any atom is 0.00894 e. The van der Waals surface area contributed by atoms with Crippen molar-refractivity contribution in [2.75, 3.05) is 0 Å². The molecule has 4 atom stereocenters. The normalized spacial score (nSPS) is 44.0. The summed E-state index contributed by atoms with van der Waals surface area (Å²) in [5.41, 5.74) is 3.19. The minimum absolute atomic E-state index is 0.746. The van der Waals surface area contributed by atoms with Crippen LogP contribution in [0, 0.1) is 30.1 Å². The number of rotatable bonds is 0. The zero-order chi connectivity index (χ0) is 9.59. The first-order valence-corrected chi connectivity index (χ1v) is 5.38. The molecular weight excluding hydrogens is 156 g/mol. The third-order valence-electron chi connectivity index (χ3n) is 4.27. The van der Waals surface area contributed by atoms with Crippen molar-refractivity contribution >= 4 is 0 Å². The second-order valence-corrected chi connectivity index (χ2v) is 4.73. The van der Waals surface area contributed by atoms with Crippen LogP contribution in [0.15, 0.2) is 23.3 Å². The molecule has 0 N–H and O–H groups in total. The van der Waals surface area contributed by atoms with Crippen LogP contribution in [0.5, 0.6) is 0 Å². The van der Waals surface area contributed by atoms with Gasteiger partial charge in [-0.25, -0.2) is 0 Å². The summed E-state index contributed by atoms with van der Waals surface area (Å²) in [6.45, 7) is 9.52. The van der Waals surface area contributed by atoms with Gasteiger partial charge in [0.1, 0.15) is 0 Å². The fourth-order valence-corrected chi connectivity index (χ4v) is 2.75. The summed E-state index contributed by atoms with van der Waals surface area (Å²) in [6.07, 6.45) is 6.82. The van der Waals surface area contributed by atoms with Gasteiger partial charge in [-0.3, -0.25) is 0 Å². The van der Waals surface area contributed by atoms with Crippen molar-refractivity contribution in [3.63, 3.8) is 0 Å². The lowest BCUT2D eigenvalue weighted by Gasteiger charge is -2.38. The molecule has 2 aliphatic rings. The van der Waals surface area contributed by atoms with Gasteiger partial charge in [-0.2, -0.15) is 0 Å². The summed E-state index contributed by atoms with van der Waals surface area (Å²) in [6, 6.07) is 0. The van der Waals surface area contributed by atoms with Crippen LogP contribution in [0.2, 0.25) is 0 Å². The molecule has 4 unspecified atom stereocenters. The molecule has 0 amide bonds. The van der Waals surface area contributed by atoms with Crippen molar-refractivity contribution in [2.24, 2.45) is 23.7 Å². The SMILES string of the molecule is CC1C2=C(C=C[CH]2)C(C)C(C)C1C. The Labute approximate surface area is 81.7 Å². The van der Waals surface area contributed by atoms with E-state index in [2.05, 4.69) is 46.3 Å². The van der Waals surface area contributed by atoms with Crippen LogP contribution < -0.4 is 0 Å². The molecule has 2 rings (SSSR count). The van der Waals surface area contributed by atoms with Gasteiger partial charge in [-0.15, -0.1) is 0 Å². The van der Waals surface area contributed by atoms with Crippen LogP contribution in [0.25, 0.3) is 0 Å². The Morgan fingerprint density at radius 2 is 1.38 bits per heavy atom. The zero-order valence-corrected chi connectivity index (χ0v) is 9.04. The minimum Gasteiger partial charge on any atom is -0.0761 e. The van der Waals surface area contributed by atoms with Crippen molar-refractivity contribution in [3.05, 3.63) is 29.7 Å². The van der Waals surface area contributed by atoms with Gasteiger partial charge in [-0.05, 0) is 29.2 Å². The quantitative estimate of drug-likeness (QED) is 0.527. The second kappa shape index (κ2) is 3.01. The average molecular weight is 175 g/mol. The Morgan fingerprint density at radius 1 is 0.846 bits per heavy atom. The maximum absolute atomic E-state index is 2.39. The standard InChI is InChI=1S/C13H19/c1-8-9(2)11(4)13-7-5-6-12(13)10(8)3/h5-11H,1-4H3. The van der Waals surface area contributed by atoms with E-state index in [4.69, 9.17) is 0 Å². The predicted octanol–water partition coefficient (Wildman–Crippen LogP) is 3.62. The van der Waals surface area contributed by atoms with Crippen molar-refractivity contribution in [1.82, 2.24) is 0 Å². The molecule has 0 saturated carbocycles. The van der Waals surface area contributed by atoms with Gasteiger partial charge in [0.25, 0.3) is 0 Å². The highest BCUT2D eigenvalue weighted by Crippen LogP contribution is 2.45. The molecule has 0 spiro atoms. The predicted molar refractivity (Wildman–Crippen MR) is 57.1 cm³/mol. The van der Waals surface area contributed by atoms with E-state index < -0.39 is 0 Å². The van der Waals surface area contributed by atoms with E-state index in [1.807, 2.05) is 0 Å². The largest absolute Gasteiger partial charge is 0.0761 e. The first kappa shape index (κ1) is 9.05. The van der Waals surface area contributed by atoms with Gasteiger partial charge < -0.3 is 0 Å². The number of hydrogen-bond donors (Lipinski definition) is 0. The Hall–Kier alpha value is -0.520. The molecule has 0 fully saturated rings. The van der Waals surface area contributed by atoms with E-state index in [1.54, 1.807) is 11.1 Å². The Balaban J connectivity index is 2.38. The summed E-state index contributed by atoms with van der Waals surface area (Å²) < 4.78 is 0. The van der Waals surface area contributed by atoms with Gasteiger partial charge in [0.05, 0.1) is 0 Å². The summed E-state index contributed by atoms with van der Waals surface area (Å²) in [5.74, 6) is 3.14. The Bertz CT molecular complexity index is 270. The summed E-state index contributed by atoms with van der Waals surface area (Å²) in [4.78, 5) is 0. The van der Waals surface area contributed by atoms with Gasteiger partial charge in [0, 0.05) is 6.42 Å². The third-order valence-corrected chi connectivity index (χ3v) is 4.27. The summed E-state index contributed by atoms with van der Waals surface area (Å²) in [5, 5.41) is 0. The van der Waals surface area contributed by atoms with Crippen LogP contribution >= 0.6 is 0 Å². The van der Waals surface area contributed by atoms with Crippen LogP contribution in [-0.4, -0.2) is 0 Å². The van der Waals surface area contributed by atoms with Gasteiger partial charge >= 0.3 is 0 Å². The fraction of sp³-hybridized carbons (Fsp3) is 0.615. The van der Waals surface area contributed by atoms with E-state index in [1.165, 1.54) is 0 Å². The van der Waals surface area contributed by atoms with E-state index >= 15 is 0 Å². The first-order valence-electron chi connectivity index (χ1n) is 5.38. The van der Waals surface area contributed by atoms with E-state index in [0.717, 1.165) is 23.7 Å². The van der Waals surface area contributed by atoms with Crippen molar-refractivity contribution in [1.29, 1.82) is 0 Å². The topological polar surface area (TPSA) is 0 Å². The molecule has 0 aromatic carbocycles. The molecular formula is C13H19. The second-order valence-electron chi connectivity index (χ2n) is 4.73. The van der Waals surface area contributed by atoms with E-state index in [9.17, 15) is 0 Å². The Kier molecular flexibility index (Phi) is 2.09. The van der Waals surface area contributed by atoms with Gasteiger partial charge in [0.2, 0.25) is 0 Å². The highest BCUT2D eigenvalue weighted by molar-refractivity contribution is 5.46. The monoisotopic (exact) mass is 175 g/mol. The molecule has 0 aliphatic heterocycles. The highest BCUT2D eigenvalue weighted by atomic mass is 14.4. The molecule has 71 valence electrons. The molecule has 1 radical (unpaired) electrons. The maximum atomic E-state index is 2.39. The summed E-state index contributed by atoms with van der Waals surface area (Å²) >= 11 is 0. The highest BCUT2D eigenvalue weighted by Gasteiger charge is 2.35. The first-order chi connectivity index (χ1) is 6.13. The minimum atomic E-state index is 0.746. The average Bonchev–Trinajstić information content (AvgIpc) is 2.59. The van der Waals surface area contributed by atoms with Crippen LogP contribution in [0.3, 0.4) is 0 Å². The molecule has 13 heavy (non-hydrogen) atoms.